The molecule has 27 heavy (non-hydrogen) atoms. The van der Waals surface area contributed by atoms with Gasteiger partial charge in [-0.25, -0.2) is 0 Å². The van der Waals surface area contributed by atoms with Crippen molar-refractivity contribution in [2.24, 2.45) is 0 Å². The summed E-state index contributed by atoms with van der Waals surface area (Å²) in [4.78, 5) is 15.8. The third kappa shape index (κ3) is 5.45. The van der Waals surface area contributed by atoms with Gasteiger partial charge in [-0.1, -0.05) is 12.1 Å². The van der Waals surface area contributed by atoms with E-state index in [1.165, 1.54) is 0 Å². The predicted octanol–water partition coefficient (Wildman–Crippen LogP) is 1.19. The summed E-state index contributed by atoms with van der Waals surface area (Å²) in [6.07, 6.45) is 0. The Morgan fingerprint density at radius 2 is 1.85 bits per heavy atom. The molecule has 0 saturated carbocycles. The number of hydrogen-bond donors (Lipinski definition) is 2. The van der Waals surface area contributed by atoms with Gasteiger partial charge in [0, 0.05) is 30.0 Å². The van der Waals surface area contributed by atoms with Gasteiger partial charge in [-0.05, 0) is 36.4 Å². The fourth-order valence-electron chi connectivity index (χ4n) is 3.29. The van der Waals surface area contributed by atoms with Crippen molar-refractivity contribution in [1.29, 1.82) is 0 Å². The second-order valence-corrected chi connectivity index (χ2v) is 6.82. The molecule has 2 N–H and O–H groups in total. The number of rotatable bonds is 7. The van der Waals surface area contributed by atoms with Crippen molar-refractivity contribution in [3.8, 4) is 5.75 Å². The second-order valence-electron chi connectivity index (χ2n) is 6.82. The Morgan fingerprint density at radius 1 is 1.15 bits per heavy atom. The monoisotopic (exact) mass is 370 g/mol. The second kappa shape index (κ2) is 9.39. The summed E-state index contributed by atoms with van der Waals surface area (Å²) < 4.78 is 10.8. The van der Waals surface area contributed by atoms with E-state index < -0.39 is 0 Å². The Labute approximate surface area is 160 Å². The molecule has 0 aromatic heterocycles. The van der Waals surface area contributed by atoms with Gasteiger partial charge >= 0.3 is 0 Å². The Bertz CT molecular complexity index is 743. The lowest BCUT2D eigenvalue weighted by Crippen LogP contribution is -3.08. The number of anilines is 2. The van der Waals surface area contributed by atoms with E-state index in [-0.39, 0.29) is 5.91 Å². The summed E-state index contributed by atoms with van der Waals surface area (Å²) in [5.41, 5.74) is 3.08. The molecule has 0 spiro atoms. The lowest BCUT2D eigenvalue weighted by Gasteiger charge is -2.28. The molecule has 1 amide bonds. The first-order valence-electron chi connectivity index (χ1n) is 9.31. The van der Waals surface area contributed by atoms with Gasteiger partial charge in [-0.2, -0.15) is 0 Å². The number of hydrogen-bond acceptors (Lipinski definition) is 4. The van der Waals surface area contributed by atoms with Gasteiger partial charge in [0.05, 0.1) is 27.4 Å². The predicted molar refractivity (Wildman–Crippen MR) is 107 cm³/mol. The summed E-state index contributed by atoms with van der Waals surface area (Å²) in [6.45, 7) is 4.46. The van der Waals surface area contributed by atoms with Gasteiger partial charge in [0.15, 0.2) is 6.54 Å². The maximum atomic E-state index is 12.4. The fraction of sp³-hybridized carbons (Fsp3) is 0.381. The molecule has 3 rings (SSSR count). The lowest BCUT2D eigenvalue weighted by molar-refractivity contribution is -0.885. The number of amides is 1. The van der Waals surface area contributed by atoms with Gasteiger partial charge in [-0.3, -0.25) is 4.79 Å². The number of methoxy groups -OCH3 is 1. The Hall–Kier alpha value is -2.57. The van der Waals surface area contributed by atoms with Crippen LogP contribution < -0.4 is 19.9 Å². The van der Waals surface area contributed by atoms with E-state index >= 15 is 0 Å². The number of likely N-dealkylation sites (N-methyl/N-ethyl adjacent to an activating group) is 1. The minimum absolute atomic E-state index is 0.00141. The molecular weight excluding hydrogens is 342 g/mol. The normalized spacial score (nSPS) is 15.3. The lowest BCUT2D eigenvalue weighted by atomic mass is 10.2. The first kappa shape index (κ1) is 19.2. The number of quaternary nitrogens is 1. The van der Waals surface area contributed by atoms with Gasteiger partial charge in [0.25, 0.3) is 5.91 Å². The largest absolute Gasteiger partial charge is 0.496 e. The molecule has 1 saturated heterocycles. The van der Waals surface area contributed by atoms with Crippen molar-refractivity contribution in [3.63, 3.8) is 0 Å². The molecule has 1 atom stereocenters. The Kier molecular flexibility index (Phi) is 6.68. The number of nitrogens with zero attached hydrogens (tertiary/aromatic N) is 1. The minimum Gasteiger partial charge on any atom is -0.496 e. The summed E-state index contributed by atoms with van der Waals surface area (Å²) in [7, 11) is 3.68. The quantitative estimate of drug-likeness (QED) is 0.769. The van der Waals surface area contributed by atoms with E-state index in [1.54, 1.807) is 7.11 Å². The molecule has 1 heterocycles. The van der Waals surface area contributed by atoms with Crippen molar-refractivity contribution in [3.05, 3.63) is 54.1 Å². The average Bonchev–Trinajstić information content (AvgIpc) is 2.69. The zero-order valence-corrected chi connectivity index (χ0v) is 16.0. The molecule has 2 aromatic carbocycles. The van der Waals surface area contributed by atoms with Crippen molar-refractivity contribution in [2.45, 2.75) is 6.54 Å². The molecule has 0 aliphatic carbocycles. The molecule has 1 aliphatic rings. The van der Waals surface area contributed by atoms with Crippen LogP contribution >= 0.6 is 0 Å². The maximum Gasteiger partial charge on any atom is 0.279 e. The highest BCUT2D eigenvalue weighted by Crippen LogP contribution is 2.19. The van der Waals surface area contributed by atoms with E-state index in [0.29, 0.717) is 6.54 Å². The zero-order chi connectivity index (χ0) is 19.1. The molecule has 1 fully saturated rings. The number of nitrogens with one attached hydrogen (secondary N) is 2. The minimum atomic E-state index is 0.00141. The van der Waals surface area contributed by atoms with Gasteiger partial charge in [0.2, 0.25) is 0 Å². The van der Waals surface area contributed by atoms with E-state index in [2.05, 4.69) is 10.2 Å². The van der Waals surface area contributed by atoms with Crippen molar-refractivity contribution >= 4 is 17.3 Å². The van der Waals surface area contributed by atoms with Crippen LogP contribution in [0, 0.1) is 0 Å². The maximum absolute atomic E-state index is 12.4. The third-order valence-electron chi connectivity index (χ3n) is 4.67. The van der Waals surface area contributed by atoms with Crippen molar-refractivity contribution < 1.29 is 19.2 Å². The SMILES string of the molecule is COc1ccccc1C[NH+](C)CC(=O)Nc1ccc(N2CCOCC2)cc1. The Morgan fingerprint density at radius 3 is 2.56 bits per heavy atom. The molecule has 1 aliphatic heterocycles. The van der Waals surface area contributed by atoms with Crippen LogP contribution in [0.3, 0.4) is 0 Å². The van der Waals surface area contributed by atoms with Crippen LogP contribution in [0.1, 0.15) is 5.56 Å². The first-order chi connectivity index (χ1) is 13.2. The molecule has 2 aromatic rings. The summed E-state index contributed by atoms with van der Waals surface area (Å²) >= 11 is 0. The highest BCUT2D eigenvalue weighted by molar-refractivity contribution is 5.91. The van der Waals surface area contributed by atoms with E-state index in [1.807, 2.05) is 55.6 Å². The van der Waals surface area contributed by atoms with Gasteiger partial charge in [0.1, 0.15) is 12.3 Å². The number of morpholine rings is 1. The van der Waals surface area contributed by atoms with E-state index in [4.69, 9.17) is 9.47 Å². The number of ether oxygens (including phenoxy) is 2. The summed E-state index contributed by atoms with van der Waals surface area (Å²) in [6, 6.07) is 15.9. The van der Waals surface area contributed by atoms with Crippen LogP contribution in [-0.4, -0.2) is 52.9 Å². The van der Waals surface area contributed by atoms with Crippen molar-refractivity contribution in [1.82, 2.24) is 0 Å². The number of carbonyl (C=O) groups excluding carboxylic acids is 1. The average molecular weight is 370 g/mol. The molecule has 1 unspecified atom stereocenters. The zero-order valence-electron chi connectivity index (χ0n) is 16.0. The topological polar surface area (TPSA) is 55.2 Å². The third-order valence-corrected chi connectivity index (χ3v) is 4.67. The van der Waals surface area contributed by atoms with Crippen molar-refractivity contribution in [2.75, 3.05) is 57.2 Å². The van der Waals surface area contributed by atoms with Crippen LogP contribution in [0.25, 0.3) is 0 Å². The van der Waals surface area contributed by atoms with E-state index in [9.17, 15) is 4.79 Å². The van der Waals surface area contributed by atoms with Crippen LogP contribution in [0.4, 0.5) is 11.4 Å². The summed E-state index contributed by atoms with van der Waals surface area (Å²) in [5, 5.41) is 2.98. The highest BCUT2D eigenvalue weighted by atomic mass is 16.5. The Balaban J connectivity index is 1.51. The highest BCUT2D eigenvalue weighted by Gasteiger charge is 2.14. The van der Waals surface area contributed by atoms with Crippen LogP contribution in [-0.2, 0) is 16.1 Å². The molecule has 0 radical (unpaired) electrons. The molecule has 6 heteroatoms. The number of para-hydroxylation sites is 1. The first-order valence-corrected chi connectivity index (χ1v) is 9.31. The van der Waals surface area contributed by atoms with Crippen LogP contribution in [0.2, 0.25) is 0 Å². The molecule has 144 valence electrons. The number of benzene rings is 2. The number of carbonyl (C=O) groups is 1. The molecule has 6 nitrogen and oxygen atoms in total. The van der Waals surface area contributed by atoms with Crippen LogP contribution in [0.5, 0.6) is 5.75 Å². The fourth-order valence-corrected chi connectivity index (χ4v) is 3.29. The van der Waals surface area contributed by atoms with Gasteiger partial charge < -0.3 is 24.6 Å². The molecular formula is C21H28N3O3+. The summed E-state index contributed by atoms with van der Waals surface area (Å²) in [5.74, 6) is 0.859. The van der Waals surface area contributed by atoms with E-state index in [0.717, 1.165) is 60.4 Å². The molecule has 0 bridgehead atoms. The van der Waals surface area contributed by atoms with Crippen LogP contribution in [0.15, 0.2) is 48.5 Å². The standard InChI is InChI=1S/C21H27N3O3/c1-23(15-17-5-3-4-6-20(17)26-2)16-21(25)22-18-7-9-19(10-8-18)24-11-13-27-14-12-24/h3-10H,11-16H2,1-2H3,(H,22,25)/p+1. The van der Waals surface area contributed by atoms with Gasteiger partial charge in [-0.15, -0.1) is 0 Å². The smallest absolute Gasteiger partial charge is 0.279 e.